The number of hydrogen-bond donors (Lipinski definition) is 1. The van der Waals surface area contributed by atoms with Gasteiger partial charge < -0.3 is 23.8 Å². The molecule has 0 amide bonds. The lowest BCUT2D eigenvalue weighted by molar-refractivity contribution is -0.887. The van der Waals surface area contributed by atoms with Gasteiger partial charge in [0.15, 0.2) is 12.1 Å². The van der Waals surface area contributed by atoms with Gasteiger partial charge in [-0.15, -0.1) is 0 Å². The molecule has 0 aromatic carbocycles. The molecule has 0 radical (unpaired) electrons. The van der Waals surface area contributed by atoms with Gasteiger partial charge in [-0.2, -0.15) is 0 Å². The fourth-order valence-corrected chi connectivity index (χ4v) is 5.56. The number of quaternary nitrogens is 1. The smallest absolute Gasteiger partial charge is 0.362 e. The number of aliphatic carboxylic acids is 1. The summed E-state index contributed by atoms with van der Waals surface area (Å²) in [6.45, 7) is 4.72. The highest BCUT2D eigenvalue weighted by Crippen LogP contribution is 2.14. The molecule has 0 spiro atoms. The minimum absolute atomic E-state index is 0.0434. The molecule has 0 fully saturated rings. The number of hydrogen-bond acceptors (Lipinski definition) is 6. The Labute approximate surface area is 276 Å². The molecule has 0 heterocycles. The molecular formula is C37H72NO7+. The summed E-state index contributed by atoms with van der Waals surface area (Å²) in [7, 11) is 5.52. The van der Waals surface area contributed by atoms with Crippen LogP contribution in [0.1, 0.15) is 168 Å². The monoisotopic (exact) mass is 643 g/mol. The molecule has 2 atom stereocenters. The van der Waals surface area contributed by atoms with Crippen molar-refractivity contribution >= 4 is 17.9 Å². The average Bonchev–Trinajstić information content (AvgIpc) is 2.98. The van der Waals surface area contributed by atoms with E-state index in [0.29, 0.717) is 19.3 Å². The Hall–Kier alpha value is -1.67. The zero-order valence-electron chi connectivity index (χ0n) is 30.1. The van der Waals surface area contributed by atoms with E-state index in [1.807, 2.05) is 21.1 Å². The molecule has 0 aromatic rings. The quantitative estimate of drug-likeness (QED) is 0.0433. The van der Waals surface area contributed by atoms with Gasteiger partial charge in [0.05, 0.1) is 34.4 Å². The van der Waals surface area contributed by atoms with Gasteiger partial charge in [0, 0.05) is 19.3 Å². The molecule has 0 aliphatic heterocycles. The van der Waals surface area contributed by atoms with E-state index >= 15 is 0 Å². The maximum absolute atomic E-state index is 12.6. The third-order valence-corrected chi connectivity index (χ3v) is 8.51. The highest BCUT2D eigenvalue weighted by atomic mass is 16.6. The minimum Gasteiger partial charge on any atom is -0.477 e. The van der Waals surface area contributed by atoms with Crippen molar-refractivity contribution < 1.29 is 38.2 Å². The predicted octanol–water partition coefficient (Wildman–Crippen LogP) is 9.02. The predicted molar refractivity (Wildman–Crippen MR) is 183 cm³/mol. The fourth-order valence-electron chi connectivity index (χ4n) is 5.56. The Morgan fingerprint density at radius 1 is 0.578 bits per heavy atom. The largest absolute Gasteiger partial charge is 0.477 e. The number of rotatable bonds is 33. The van der Waals surface area contributed by atoms with Crippen LogP contribution in [0.15, 0.2) is 0 Å². The molecule has 0 aliphatic rings. The zero-order valence-corrected chi connectivity index (χ0v) is 30.1. The topological polar surface area (TPSA) is 99.1 Å². The van der Waals surface area contributed by atoms with Crippen LogP contribution >= 0.6 is 0 Å². The van der Waals surface area contributed by atoms with Crippen LogP contribution < -0.4 is 0 Å². The van der Waals surface area contributed by atoms with E-state index in [2.05, 4.69) is 13.8 Å². The first-order valence-corrected chi connectivity index (χ1v) is 18.6. The first kappa shape index (κ1) is 43.3. The van der Waals surface area contributed by atoms with Gasteiger partial charge in [0.1, 0.15) is 6.61 Å². The molecule has 8 heteroatoms. The Morgan fingerprint density at radius 2 is 0.978 bits per heavy atom. The van der Waals surface area contributed by atoms with Crippen molar-refractivity contribution in [1.82, 2.24) is 0 Å². The number of nitrogens with zero attached hydrogens (tertiary/aromatic N) is 1. The lowest BCUT2D eigenvalue weighted by Crippen LogP contribution is -2.50. The third-order valence-electron chi connectivity index (χ3n) is 8.51. The molecular weight excluding hydrogens is 570 g/mol. The maximum Gasteiger partial charge on any atom is 0.362 e. The second-order valence-corrected chi connectivity index (χ2v) is 13.8. The van der Waals surface area contributed by atoms with Gasteiger partial charge in [-0.25, -0.2) is 4.79 Å². The van der Waals surface area contributed by atoms with E-state index < -0.39 is 18.1 Å². The van der Waals surface area contributed by atoms with Crippen molar-refractivity contribution in [3.05, 3.63) is 0 Å². The highest BCUT2D eigenvalue weighted by molar-refractivity contribution is 5.72. The lowest BCUT2D eigenvalue weighted by atomic mass is 10.1. The summed E-state index contributed by atoms with van der Waals surface area (Å²) in [5, 5.41) is 9.56. The van der Waals surface area contributed by atoms with Crippen LogP contribution in [0, 0.1) is 0 Å². The van der Waals surface area contributed by atoms with Gasteiger partial charge in [-0.05, 0) is 12.8 Å². The molecule has 1 N–H and O–H groups in total. The van der Waals surface area contributed by atoms with E-state index in [9.17, 15) is 19.5 Å². The molecule has 0 rings (SSSR count). The summed E-state index contributed by atoms with van der Waals surface area (Å²) in [6, 6.07) is -0.606. The lowest BCUT2D eigenvalue weighted by Gasteiger charge is -2.31. The maximum atomic E-state index is 12.6. The zero-order chi connectivity index (χ0) is 33.6. The second kappa shape index (κ2) is 29.7. The van der Waals surface area contributed by atoms with Crippen molar-refractivity contribution in [2.24, 2.45) is 0 Å². The number of ether oxygens (including phenoxy) is 3. The van der Waals surface area contributed by atoms with Gasteiger partial charge in [0.25, 0.3) is 0 Å². The summed E-state index contributed by atoms with van der Waals surface area (Å²) in [5.74, 6) is -1.46. The van der Waals surface area contributed by atoms with E-state index in [4.69, 9.17) is 14.2 Å². The van der Waals surface area contributed by atoms with Gasteiger partial charge in [0.2, 0.25) is 0 Å². The van der Waals surface area contributed by atoms with Crippen LogP contribution in [-0.2, 0) is 28.6 Å². The number of carbonyl (C=O) groups excluding carboxylic acids is 2. The molecule has 266 valence electrons. The molecule has 0 aliphatic carbocycles. The summed E-state index contributed by atoms with van der Waals surface area (Å²) < 4.78 is 17.2. The summed E-state index contributed by atoms with van der Waals surface area (Å²) in [4.78, 5) is 36.6. The molecule has 2 unspecified atom stereocenters. The highest BCUT2D eigenvalue weighted by Gasteiger charge is 2.31. The van der Waals surface area contributed by atoms with Crippen LogP contribution in [0.5, 0.6) is 0 Å². The number of carboxylic acids is 1. The molecule has 8 nitrogen and oxygen atoms in total. The van der Waals surface area contributed by atoms with E-state index in [1.54, 1.807) is 0 Å². The summed E-state index contributed by atoms with van der Waals surface area (Å²) in [5.41, 5.74) is 0. The average molecular weight is 643 g/mol. The number of likely N-dealkylation sites (N-methyl/N-ethyl adjacent to an activating group) is 1. The molecule has 0 saturated carbocycles. The van der Waals surface area contributed by atoms with E-state index in [0.717, 1.165) is 38.5 Å². The normalized spacial score (nSPS) is 13.0. The second-order valence-electron chi connectivity index (χ2n) is 13.8. The van der Waals surface area contributed by atoms with Crippen LogP contribution in [0.2, 0.25) is 0 Å². The summed E-state index contributed by atoms with van der Waals surface area (Å²) >= 11 is 0. The first-order chi connectivity index (χ1) is 21.6. The number of carboxylic acid groups (broad SMARTS) is 1. The number of carbonyl (C=O) groups is 3. The molecule has 0 saturated heterocycles. The van der Waals surface area contributed by atoms with Crippen molar-refractivity contribution in [3.63, 3.8) is 0 Å². The first-order valence-electron chi connectivity index (χ1n) is 18.6. The Balaban J connectivity index is 4.42. The van der Waals surface area contributed by atoms with Gasteiger partial charge >= 0.3 is 17.9 Å². The minimum atomic E-state index is -0.873. The number of unbranched alkanes of at least 4 members (excludes halogenated alkanes) is 19. The van der Waals surface area contributed by atoms with Crippen molar-refractivity contribution in [2.75, 3.05) is 41.0 Å². The van der Waals surface area contributed by atoms with Crippen molar-refractivity contribution in [1.29, 1.82) is 0 Å². The van der Waals surface area contributed by atoms with Crippen LogP contribution in [-0.4, -0.2) is 80.6 Å². The Kier molecular flexibility index (Phi) is 28.6. The van der Waals surface area contributed by atoms with Crippen LogP contribution in [0.4, 0.5) is 0 Å². The third kappa shape index (κ3) is 28.3. The van der Waals surface area contributed by atoms with Crippen LogP contribution in [0.3, 0.4) is 0 Å². The molecule has 45 heavy (non-hydrogen) atoms. The molecule has 0 bridgehead atoms. The van der Waals surface area contributed by atoms with Crippen molar-refractivity contribution in [2.45, 2.75) is 180 Å². The van der Waals surface area contributed by atoms with Crippen LogP contribution in [0.25, 0.3) is 0 Å². The van der Waals surface area contributed by atoms with E-state index in [1.165, 1.54) is 96.3 Å². The van der Waals surface area contributed by atoms with E-state index in [-0.39, 0.29) is 36.2 Å². The molecule has 0 aromatic heterocycles. The Bertz CT molecular complexity index is 722. The number of esters is 2. The van der Waals surface area contributed by atoms with Crippen molar-refractivity contribution in [3.8, 4) is 0 Å². The fraction of sp³-hybridized carbons (Fsp3) is 0.919. The van der Waals surface area contributed by atoms with Gasteiger partial charge in [-0.3, -0.25) is 9.59 Å². The standard InChI is InChI=1S/C37H71NO7/c1-6-8-10-12-14-16-18-20-22-24-26-28-36(40)45-33(31-43-30-29-34(37(41)42)38(3,4)5)32-44-35(39)27-25-23-21-19-17-15-13-11-9-7-2/h33-34H,6-32H2,1-5H3/p+1. The van der Waals surface area contributed by atoms with Gasteiger partial charge in [-0.1, -0.05) is 136 Å². The summed E-state index contributed by atoms with van der Waals surface area (Å²) in [6.07, 6.45) is 25.6. The Morgan fingerprint density at radius 3 is 1.38 bits per heavy atom. The SMILES string of the molecule is CCCCCCCCCCCCCC(=O)OC(COCCC(C(=O)O)[N+](C)(C)C)COC(=O)CCCCCCCCCCCC.